The van der Waals surface area contributed by atoms with Gasteiger partial charge >= 0.3 is 6.03 Å². The largest absolute Gasteiger partial charge is 0.327 e. The highest BCUT2D eigenvalue weighted by Gasteiger charge is 2.46. The van der Waals surface area contributed by atoms with E-state index in [0.717, 1.165) is 30.5 Å². The molecular weight excluding hydrogens is 399 g/mol. The number of hydrogen-bond acceptors (Lipinski definition) is 4. The minimum atomic E-state index is -0.393. The zero-order valence-corrected chi connectivity index (χ0v) is 16.7. The first-order valence-electron chi connectivity index (χ1n) is 9.23. The van der Waals surface area contributed by atoms with E-state index in [1.807, 2.05) is 18.2 Å². The summed E-state index contributed by atoms with van der Waals surface area (Å²) in [6, 6.07) is 8.13. The maximum Gasteiger partial charge on any atom is 0.327 e. The molecule has 0 aliphatic carbocycles. The molecule has 1 aromatic carbocycles. The topological polar surface area (TPSA) is 65.5 Å². The van der Waals surface area contributed by atoms with E-state index >= 15 is 0 Å². The van der Waals surface area contributed by atoms with Crippen LogP contribution in [0.15, 0.2) is 42.7 Å². The smallest absolute Gasteiger partial charge is 0.315 e. The van der Waals surface area contributed by atoms with Gasteiger partial charge in [-0.1, -0.05) is 29.3 Å². The first kappa shape index (κ1) is 19.2. The minimum Gasteiger partial charge on any atom is -0.315 e. The molecule has 0 radical (unpaired) electrons. The molecule has 28 heavy (non-hydrogen) atoms. The van der Waals surface area contributed by atoms with Crippen LogP contribution >= 0.6 is 23.2 Å². The van der Waals surface area contributed by atoms with Gasteiger partial charge in [0.05, 0.1) is 22.6 Å². The van der Waals surface area contributed by atoms with Crippen LogP contribution in [0.3, 0.4) is 0 Å². The van der Waals surface area contributed by atoms with Crippen molar-refractivity contribution in [3.63, 3.8) is 0 Å². The highest BCUT2D eigenvalue weighted by molar-refractivity contribution is 6.42. The molecule has 3 amide bonds. The zero-order chi connectivity index (χ0) is 19.7. The Morgan fingerprint density at radius 1 is 1.04 bits per heavy atom. The van der Waals surface area contributed by atoms with Gasteiger partial charge in [-0.3, -0.25) is 14.7 Å². The van der Waals surface area contributed by atoms with Crippen LogP contribution in [0.2, 0.25) is 10.0 Å². The second-order valence-corrected chi connectivity index (χ2v) is 7.89. The van der Waals surface area contributed by atoms with Crippen LogP contribution < -0.4 is 5.32 Å². The monoisotopic (exact) mass is 418 g/mol. The Morgan fingerprint density at radius 3 is 2.57 bits per heavy atom. The highest BCUT2D eigenvalue weighted by Crippen LogP contribution is 2.29. The Morgan fingerprint density at radius 2 is 1.82 bits per heavy atom. The molecule has 0 saturated carbocycles. The third-order valence-corrected chi connectivity index (χ3v) is 6.00. The number of pyridine rings is 1. The lowest BCUT2D eigenvalue weighted by Gasteiger charge is -2.47. The van der Waals surface area contributed by atoms with E-state index in [2.05, 4.69) is 10.3 Å². The summed E-state index contributed by atoms with van der Waals surface area (Å²) in [6.45, 7) is 1.37. The number of imide groups is 1. The number of halogens is 2. The number of nitrogens with zero attached hydrogens (tertiary/aromatic N) is 3. The Hall–Kier alpha value is -2.15. The van der Waals surface area contributed by atoms with Crippen LogP contribution in [0.5, 0.6) is 0 Å². The standard InChI is InChI=1S/C20H20Cl2N4O2/c21-15-4-3-14(10-16(15)22)12-25-17-2-1-7-24-18(17)19(27)26(20(25)28)11-13-5-8-23-9-6-13/h3-6,8-10,17-18,24H,1-2,7,11-12H2. The first-order chi connectivity index (χ1) is 13.5. The van der Waals surface area contributed by atoms with Crippen LogP contribution in [0.4, 0.5) is 4.79 Å². The molecular formula is C20H20Cl2N4O2. The molecule has 4 rings (SSSR count). The summed E-state index contributed by atoms with van der Waals surface area (Å²) in [6.07, 6.45) is 5.02. The fraction of sp³-hybridized carbons (Fsp3) is 0.350. The number of benzene rings is 1. The number of hydrogen-bond donors (Lipinski definition) is 1. The van der Waals surface area contributed by atoms with Crippen molar-refractivity contribution >= 4 is 35.1 Å². The molecule has 2 aromatic rings. The van der Waals surface area contributed by atoms with Crippen LogP contribution in [0, 0.1) is 0 Å². The van der Waals surface area contributed by atoms with Gasteiger partial charge in [0.25, 0.3) is 0 Å². The summed E-state index contributed by atoms with van der Waals surface area (Å²) in [5, 5.41) is 4.22. The van der Waals surface area contributed by atoms with Crippen molar-refractivity contribution in [3.05, 3.63) is 63.9 Å². The third-order valence-electron chi connectivity index (χ3n) is 5.26. The molecule has 3 heterocycles. The maximum atomic E-state index is 13.3. The summed E-state index contributed by atoms with van der Waals surface area (Å²) in [4.78, 5) is 33.4. The van der Waals surface area contributed by atoms with Gasteiger partial charge in [-0.15, -0.1) is 0 Å². The second kappa shape index (κ2) is 8.07. The van der Waals surface area contributed by atoms with E-state index in [0.29, 0.717) is 16.6 Å². The predicted octanol–water partition coefficient (Wildman–Crippen LogP) is 3.47. The van der Waals surface area contributed by atoms with Crippen LogP contribution in [0.25, 0.3) is 0 Å². The van der Waals surface area contributed by atoms with Gasteiger partial charge in [-0.2, -0.15) is 0 Å². The second-order valence-electron chi connectivity index (χ2n) is 7.08. The van der Waals surface area contributed by atoms with Crippen molar-refractivity contribution < 1.29 is 9.59 Å². The lowest BCUT2D eigenvalue weighted by molar-refractivity contribution is -0.137. The lowest BCUT2D eigenvalue weighted by Crippen LogP contribution is -2.68. The molecule has 2 aliphatic rings. The number of urea groups is 1. The van der Waals surface area contributed by atoms with Crippen molar-refractivity contribution in [1.29, 1.82) is 0 Å². The number of aromatic nitrogens is 1. The SMILES string of the molecule is O=C1C2NCCCC2N(Cc2ccc(Cl)c(Cl)c2)C(=O)N1Cc1ccncc1. The average Bonchev–Trinajstić information content (AvgIpc) is 2.72. The molecule has 2 fully saturated rings. The third kappa shape index (κ3) is 3.72. The van der Waals surface area contributed by atoms with Crippen molar-refractivity contribution in [1.82, 2.24) is 20.1 Å². The Labute approximate surface area is 173 Å². The molecule has 146 valence electrons. The molecule has 2 unspecified atom stereocenters. The van der Waals surface area contributed by atoms with Gasteiger partial charge in [-0.25, -0.2) is 4.79 Å². The fourth-order valence-corrected chi connectivity index (χ4v) is 4.17. The van der Waals surface area contributed by atoms with E-state index < -0.39 is 6.04 Å². The number of amides is 3. The average molecular weight is 419 g/mol. The van der Waals surface area contributed by atoms with E-state index in [1.165, 1.54) is 4.90 Å². The maximum absolute atomic E-state index is 13.3. The molecule has 2 atom stereocenters. The van der Waals surface area contributed by atoms with Crippen LogP contribution in [0.1, 0.15) is 24.0 Å². The lowest BCUT2D eigenvalue weighted by atomic mass is 9.93. The number of piperidine rings is 1. The van der Waals surface area contributed by atoms with Gasteiger partial charge in [-0.05, 0) is 54.8 Å². The van der Waals surface area contributed by atoms with Gasteiger partial charge in [0.2, 0.25) is 5.91 Å². The van der Waals surface area contributed by atoms with Crippen molar-refractivity contribution in [2.24, 2.45) is 0 Å². The van der Waals surface area contributed by atoms with Crippen LogP contribution in [-0.4, -0.2) is 45.4 Å². The Kier molecular flexibility index (Phi) is 5.53. The highest BCUT2D eigenvalue weighted by atomic mass is 35.5. The first-order valence-corrected chi connectivity index (χ1v) is 9.98. The summed E-state index contributed by atoms with van der Waals surface area (Å²) < 4.78 is 0. The molecule has 2 saturated heterocycles. The predicted molar refractivity (Wildman–Crippen MR) is 107 cm³/mol. The van der Waals surface area contributed by atoms with Crippen molar-refractivity contribution in [3.8, 4) is 0 Å². The Bertz CT molecular complexity index is 893. The summed E-state index contributed by atoms with van der Waals surface area (Å²) in [7, 11) is 0. The molecule has 6 nitrogen and oxygen atoms in total. The molecule has 1 aromatic heterocycles. The quantitative estimate of drug-likeness (QED) is 0.825. The van der Waals surface area contributed by atoms with E-state index in [1.54, 1.807) is 29.4 Å². The zero-order valence-electron chi connectivity index (χ0n) is 15.1. The summed E-state index contributed by atoms with van der Waals surface area (Å²) in [5.41, 5.74) is 1.74. The summed E-state index contributed by atoms with van der Waals surface area (Å²) >= 11 is 12.2. The number of carbonyl (C=O) groups excluding carboxylic acids is 2. The molecule has 8 heteroatoms. The number of fused-ring (bicyclic) bond motifs is 1. The number of rotatable bonds is 4. The summed E-state index contributed by atoms with van der Waals surface area (Å²) in [5.74, 6) is -0.170. The van der Waals surface area contributed by atoms with Gasteiger partial charge in [0, 0.05) is 18.9 Å². The Balaban J connectivity index is 1.63. The normalized spacial score (nSPS) is 22.4. The van der Waals surface area contributed by atoms with E-state index in [-0.39, 0.29) is 24.5 Å². The van der Waals surface area contributed by atoms with Crippen LogP contribution in [-0.2, 0) is 17.9 Å². The number of carbonyl (C=O) groups is 2. The van der Waals surface area contributed by atoms with E-state index in [4.69, 9.17) is 23.2 Å². The molecule has 2 aliphatic heterocycles. The van der Waals surface area contributed by atoms with Crippen molar-refractivity contribution in [2.75, 3.05) is 6.54 Å². The van der Waals surface area contributed by atoms with Gasteiger partial charge in [0.15, 0.2) is 0 Å². The van der Waals surface area contributed by atoms with E-state index in [9.17, 15) is 9.59 Å². The van der Waals surface area contributed by atoms with Gasteiger partial charge in [0.1, 0.15) is 6.04 Å². The molecule has 0 bridgehead atoms. The van der Waals surface area contributed by atoms with Gasteiger partial charge < -0.3 is 10.2 Å². The molecule has 1 N–H and O–H groups in total. The number of nitrogens with one attached hydrogen (secondary N) is 1. The van der Waals surface area contributed by atoms with Crippen molar-refractivity contribution in [2.45, 2.75) is 38.0 Å². The fourth-order valence-electron chi connectivity index (χ4n) is 3.85. The molecule has 0 spiro atoms. The minimum absolute atomic E-state index is 0.170.